The van der Waals surface area contributed by atoms with E-state index in [1.165, 1.54) is 0 Å². The van der Waals surface area contributed by atoms with Gasteiger partial charge in [-0.1, -0.05) is 28.1 Å². The lowest BCUT2D eigenvalue weighted by molar-refractivity contribution is -0.136. The summed E-state index contributed by atoms with van der Waals surface area (Å²) < 4.78 is 6.75. The van der Waals surface area contributed by atoms with Gasteiger partial charge in [-0.25, -0.2) is 0 Å². The van der Waals surface area contributed by atoms with Gasteiger partial charge in [0, 0.05) is 29.2 Å². The van der Waals surface area contributed by atoms with Crippen LogP contribution in [0.2, 0.25) is 0 Å². The second kappa shape index (κ2) is 8.59. The van der Waals surface area contributed by atoms with E-state index in [-0.39, 0.29) is 17.4 Å². The first kappa shape index (κ1) is 20.0. The topological polar surface area (TPSA) is 70.8 Å². The summed E-state index contributed by atoms with van der Waals surface area (Å²) in [5.74, 6) is 0.513. The lowest BCUT2D eigenvalue weighted by Gasteiger charge is -2.27. The second-order valence-electron chi connectivity index (χ2n) is 6.92. The highest BCUT2D eigenvalue weighted by molar-refractivity contribution is 9.10. The van der Waals surface area contributed by atoms with Crippen LogP contribution >= 0.6 is 27.7 Å². The molecule has 0 saturated carbocycles. The van der Waals surface area contributed by atoms with E-state index in [4.69, 9.17) is 4.42 Å². The van der Waals surface area contributed by atoms with Gasteiger partial charge >= 0.3 is 0 Å². The fraction of sp³-hybridized carbons (Fsp3) is 0.286. The number of thioether (sulfide) groups is 1. The molecule has 0 N–H and O–H groups in total. The Bertz CT molecular complexity index is 994. The summed E-state index contributed by atoms with van der Waals surface area (Å²) in [5, 5.41) is -0.426. The SMILES string of the molecule is O=C(CN1C(=O)S/C(=C\c2ccc(-c3cccc(Br)c3)o2)C1=O)N1CCCCC1. The number of carbonyl (C=O) groups excluding carboxylic acids is 3. The predicted octanol–water partition coefficient (Wildman–Crippen LogP) is 4.76. The van der Waals surface area contributed by atoms with Gasteiger partial charge in [0.25, 0.3) is 11.1 Å². The zero-order chi connectivity index (χ0) is 20.4. The molecule has 2 saturated heterocycles. The van der Waals surface area contributed by atoms with E-state index in [2.05, 4.69) is 15.9 Å². The van der Waals surface area contributed by atoms with E-state index in [1.54, 1.807) is 17.0 Å². The average Bonchev–Trinajstić information content (AvgIpc) is 3.29. The van der Waals surface area contributed by atoms with Gasteiger partial charge in [0.2, 0.25) is 5.91 Å². The minimum atomic E-state index is -0.453. The number of amides is 3. The number of benzene rings is 1. The molecule has 2 fully saturated rings. The smallest absolute Gasteiger partial charge is 0.294 e. The molecule has 8 heteroatoms. The van der Waals surface area contributed by atoms with Gasteiger partial charge in [-0.15, -0.1) is 0 Å². The van der Waals surface area contributed by atoms with Crippen LogP contribution in [-0.2, 0) is 9.59 Å². The van der Waals surface area contributed by atoms with Crippen molar-refractivity contribution in [1.82, 2.24) is 9.80 Å². The quantitative estimate of drug-likeness (QED) is 0.597. The highest BCUT2D eigenvalue weighted by Crippen LogP contribution is 2.33. The van der Waals surface area contributed by atoms with E-state index >= 15 is 0 Å². The third kappa shape index (κ3) is 4.48. The zero-order valence-electron chi connectivity index (χ0n) is 15.6. The molecule has 0 radical (unpaired) electrons. The summed E-state index contributed by atoms with van der Waals surface area (Å²) in [6.45, 7) is 1.18. The molecule has 3 heterocycles. The number of imide groups is 1. The van der Waals surface area contributed by atoms with Crippen molar-refractivity contribution >= 4 is 50.8 Å². The van der Waals surface area contributed by atoms with E-state index in [1.807, 2.05) is 30.3 Å². The van der Waals surface area contributed by atoms with Crippen molar-refractivity contribution in [2.45, 2.75) is 19.3 Å². The maximum absolute atomic E-state index is 12.7. The molecule has 0 atom stereocenters. The normalized spacial score (nSPS) is 18.7. The number of rotatable bonds is 4. The highest BCUT2D eigenvalue weighted by atomic mass is 79.9. The highest BCUT2D eigenvalue weighted by Gasteiger charge is 2.37. The van der Waals surface area contributed by atoms with Gasteiger partial charge in [-0.05, 0) is 55.3 Å². The van der Waals surface area contributed by atoms with Crippen molar-refractivity contribution in [2.75, 3.05) is 19.6 Å². The first-order valence-corrected chi connectivity index (χ1v) is 11.0. The molecule has 0 bridgehead atoms. The van der Waals surface area contributed by atoms with Crippen molar-refractivity contribution < 1.29 is 18.8 Å². The Hall–Kier alpha value is -2.32. The van der Waals surface area contributed by atoms with E-state index < -0.39 is 11.1 Å². The number of piperidine rings is 1. The first-order chi connectivity index (χ1) is 14.0. The molecular weight excluding hydrogens is 456 g/mol. The molecular formula is C21H19BrN2O4S. The number of nitrogens with zero attached hydrogens (tertiary/aromatic N) is 2. The Labute approximate surface area is 181 Å². The van der Waals surface area contributed by atoms with Gasteiger partial charge < -0.3 is 9.32 Å². The molecule has 1 aromatic carbocycles. The van der Waals surface area contributed by atoms with Gasteiger partial charge in [0.1, 0.15) is 18.1 Å². The summed E-state index contributed by atoms with van der Waals surface area (Å²) in [4.78, 5) is 40.4. The fourth-order valence-corrected chi connectivity index (χ4v) is 4.59. The summed E-state index contributed by atoms with van der Waals surface area (Å²) in [6, 6.07) is 11.3. The van der Waals surface area contributed by atoms with Crippen LogP contribution in [0.15, 0.2) is 50.2 Å². The average molecular weight is 475 g/mol. The summed E-state index contributed by atoms with van der Waals surface area (Å²) >= 11 is 4.26. The fourth-order valence-electron chi connectivity index (χ4n) is 3.37. The predicted molar refractivity (Wildman–Crippen MR) is 115 cm³/mol. The molecule has 6 nitrogen and oxygen atoms in total. The van der Waals surface area contributed by atoms with Gasteiger partial charge in [0.05, 0.1) is 4.91 Å². The number of hydrogen-bond acceptors (Lipinski definition) is 5. The van der Waals surface area contributed by atoms with Crippen molar-refractivity contribution in [3.8, 4) is 11.3 Å². The van der Waals surface area contributed by atoms with Crippen LogP contribution in [0.25, 0.3) is 17.4 Å². The summed E-state index contributed by atoms with van der Waals surface area (Å²) in [6.07, 6.45) is 4.59. The molecule has 29 heavy (non-hydrogen) atoms. The summed E-state index contributed by atoms with van der Waals surface area (Å²) in [7, 11) is 0. The molecule has 2 aliphatic heterocycles. The molecule has 0 aliphatic carbocycles. The zero-order valence-corrected chi connectivity index (χ0v) is 18.0. The van der Waals surface area contributed by atoms with Crippen LogP contribution in [0.5, 0.6) is 0 Å². The monoisotopic (exact) mass is 474 g/mol. The van der Waals surface area contributed by atoms with Gasteiger partial charge in [0.15, 0.2) is 0 Å². The van der Waals surface area contributed by atoms with Crippen molar-refractivity contribution in [3.05, 3.63) is 51.5 Å². The van der Waals surface area contributed by atoms with Crippen molar-refractivity contribution in [1.29, 1.82) is 0 Å². The number of carbonyl (C=O) groups is 3. The molecule has 0 spiro atoms. The Kier molecular flexibility index (Phi) is 5.91. The van der Waals surface area contributed by atoms with Crippen molar-refractivity contribution in [2.24, 2.45) is 0 Å². The molecule has 2 aliphatic rings. The Morgan fingerprint density at radius 1 is 1.14 bits per heavy atom. The van der Waals surface area contributed by atoms with E-state index in [9.17, 15) is 14.4 Å². The molecule has 0 unspecified atom stereocenters. The molecule has 3 amide bonds. The molecule has 4 rings (SSSR count). The number of likely N-dealkylation sites (tertiary alicyclic amines) is 1. The van der Waals surface area contributed by atoms with Gasteiger partial charge in [-0.2, -0.15) is 0 Å². The van der Waals surface area contributed by atoms with Crippen LogP contribution in [0.1, 0.15) is 25.0 Å². The maximum Gasteiger partial charge on any atom is 0.294 e. The molecule has 150 valence electrons. The lowest BCUT2D eigenvalue weighted by Crippen LogP contribution is -2.44. The second-order valence-corrected chi connectivity index (χ2v) is 8.83. The van der Waals surface area contributed by atoms with E-state index in [0.29, 0.717) is 24.6 Å². The molecule has 2 aromatic rings. The Morgan fingerprint density at radius 3 is 2.69 bits per heavy atom. The van der Waals surface area contributed by atoms with Crippen molar-refractivity contribution in [3.63, 3.8) is 0 Å². The minimum absolute atomic E-state index is 0.178. The van der Waals surface area contributed by atoms with Crippen LogP contribution in [0.3, 0.4) is 0 Å². The number of furan rings is 1. The Balaban J connectivity index is 1.47. The third-order valence-electron chi connectivity index (χ3n) is 4.89. The van der Waals surface area contributed by atoms with Crippen LogP contribution in [0.4, 0.5) is 4.79 Å². The van der Waals surface area contributed by atoms with Crippen LogP contribution in [0, 0.1) is 0 Å². The van der Waals surface area contributed by atoms with Crippen LogP contribution in [-0.4, -0.2) is 46.5 Å². The minimum Gasteiger partial charge on any atom is -0.457 e. The number of halogens is 1. The van der Waals surface area contributed by atoms with Gasteiger partial charge in [-0.3, -0.25) is 19.3 Å². The molecule has 1 aromatic heterocycles. The lowest BCUT2D eigenvalue weighted by atomic mass is 10.1. The number of hydrogen-bond donors (Lipinski definition) is 0. The largest absolute Gasteiger partial charge is 0.457 e. The summed E-state index contributed by atoms with van der Waals surface area (Å²) in [5.41, 5.74) is 0.902. The standard InChI is InChI=1S/C21H19BrN2O4S/c22-15-6-4-5-14(11-15)17-8-7-16(28-17)12-18-20(26)24(21(27)29-18)13-19(25)23-9-2-1-3-10-23/h4-8,11-12H,1-3,9-10,13H2/b18-12-. The third-order valence-corrected chi connectivity index (χ3v) is 6.29. The Morgan fingerprint density at radius 2 is 1.93 bits per heavy atom. The van der Waals surface area contributed by atoms with Crippen LogP contribution < -0.4 is 0 Å². The first-order valence-electron chi connectivity index (χ1n) is 9.40. The maximum atomic E-state index is 12.7. The van der Waals surface area contributed by atoms with E-state index in [0.717, 1.165) is 46.0 Å².